The molecule has 19 heavy (non-hydrogen) atoms. The summed E-state index contributed by atoms with van der Waals surface area (Å²) in [5.74, 6) is 0.546. The van der Waals surface area contributed by atoms with Gasteiger partial charge < -0.3 is 10.8 Å². The minimum Gasteiger partial charge on any atom is -0.478 e. The van der Waals surface area contributed by atoms with Crippen molar-refractivity contribution in [1.82, 2.24) is 14.8 Å². The number of anilines is 1. The van der Waals surface area contributed by atoms with Gasteiger partial charge in [-0.15, -0.1) is 5.10 Å². The van der Waals surface area contributed by atoms with E-state index in [9.17, 15) is 4.79 Å². The first-order valence-corrected chi connectivity index (χ1v) is 6.16. The first kappa shape index (κ1) is 11.7. The lowest BCUT2D eigenvalue weighted by Gasteiger charge is -2.22. The van der Waals surface area contributed by atoms with Crippen LogP contribution in [0.3, 0.4) is 0 Å². The lowest BCUT2D eigenvalue weighted by molar-refractivity contribution is 0.0696. The minimum absolute atomic E-state index is 0.274. The average molecular weight is 258 g/mol. The van der Waals surface area contributed by atoms with E-state index in [1.165, 1.54) is 0 Å². The second-order valence-corrected chi connectivity index (χ2v) is 4.73. The summed E-state index contributed by atoms with van der Waals surface area (Å²) in [5, 5.41) is 13.1. The van der Waals surface area contributed by atoms with E-state index in [1.807, 2.05) is 10.7 Å². The Morgan fingerprint density at radius 3 is 3.11 bits per heavy atom. The van der Waals surface area contributed by atoms with Crippen LogP contribution in [0.5, 0.6) is 0 Å². The molecule has 2 aromatic rings. The smallest absolute Gasteiger partial charge is 0.335 e. The fourth-order valence-electron chi connectivity index (χ4n) is 2.53. The van der Waals surface area contributed by atoms with Gasteiger partial charge in [-0.25, -0.2) is 9.48 Å². The zero-order valence-corrected chi connectivity index (χ0v) is 10.3. The van der Waals surface area contributed by atoms with E-state index in [1.54, 1.807) is 18.2 Å². The number of nitrogens with zero attached hydrogens (tertiary/aromatic N) is 3. The number of rotatable bonds is 2. The molecule has 6 nitrogen and oxygen atoms in total. The number of aryl methyl sites for hydroxylation is 1. The third-order valence-corrected chi connectivity index (χ3v) is 3.49. The first-order valence-electron chi connectivity index (χ1n) is 6.16. The van der Waals surface area contributed by atoms with E-state index in [4.69, 9.17) is 10.8 Å². The first-order chi connectivity index (χ1) is 9.13. The summed E-state index contributed by atoms with van der Waals surface area (Å²) in [7, 11) is 0. The molecule has 1 aromatic heterocycles. The third kappa shape index (κ3) is 2.16. The maximum atomic E-state index is 11.0. The summed E-state index contributed by atoms with van der Waals surface area (Å²) in [6.07, 6.45) is 1.66. The van der Waals surface area contributed by atoms with Gasteiger partial charge in [0.2, 0.25) is 5.95 Å². The number of carboxylic acid groups (broad SMARTS) is 1. The number of carbonyl (C=O) groups is 1. The van der Waals surface area contributed by atoms with Crippen molar-refractivity contribution in [3.8, 4) is 0 Å². The van der Waals surface area contributed by atoms with E-state index in [-0.39, 0.29) is 5.92 Å². The van der Waals surface area contributed by atoms with Crippen molar-refractivity contribution in [2.24, 2.45) is 0 Å². The Bertz CT molecular complexity index is 635. The summed E-state index contributed by atoms with van der Waals surface area (Å²) in [6.45, 7) is 0.765. The molecule has 0 bridgehead atoms. The number of hydrogen-bond acceptors (Lipinski definition) is 4. The van der Waals surface area contributed by atoms with Gasteiger partial charge in [-0.2, -0.15) is 4.98 Å². The molecule has 0 fully saturated rings. The van der Waals surface area contributed by atoms with Crippen molar-refractivity contribution in [3.63, 3.8) is 0 Å². The van der Waals surface area contributed by atoms with Crippen LogP contribution in [0.2, 0.25) is 0 Å². The van der Waals surface area contributed by atoms with Gasteiger partial charge in [0.15, 0.2) is 0 Å². The van der Waals surface area contributed by atoms with Crippen LogP contribution in [0.1, 0.15) is 34.1 Å². The van der Waals surface area contributed by atoms with E-state index < -0.39 is 5.97 Å². The Morgan fingerprint density at radius 1 is 1.47 bits per heavy atom. The van der Waals surface area contributed by atoms with Crippen LogP contribution in [0, 0.1) is 0 Å². The number of carboxylic acids is 1. The van der Waals surface area contributed by atoms with Crippen LogP contribution >= 0.6 is 0 Å². The molecular formula is C13H14N4O2. The molecule has 0 saturated carbocycles. The number of nitrogens with two attached hydrogens (primary N) is 1. The van der Waals surface area contributed by atoms with Gasteiger partial charge in [0.05, 0.1) is 5.56 Å². The number of fused-ring (bicyclic) bond motifs is 1. The van der Waals surface area contributed by atoms with Gasteiger partial charge in [0, 0.05) is 13.0 Å². The molecule has 0 amide bonds. The van der Waals surface area contributed by atoms with Gasteiger partial charge in [-0.05, 0) is 30.0 Å². The fourth-order valence-corrected chi connectivity index (χ4v) is 2.53. The largest absolute Gasteiger partial charge is 0.478 e. The van der Waals surface area contributed by atoms with Gasteiger partial charge in [0.1, 0.15) is 5.82 Å². The highest BCUT2D eigenvalue weighted by Crippen LogP contribution is 2.29. The Hall–Kier alpha value is -2.37. The molecule has 3 rings (SSSR count). The summed E-state index contributed by atoms with van der Waals surface area (Å²) in [6, 6.07) is 7.09. The number of aromatic carboxylic acids is 1. The highest BCUT2D eigenvalue weighted by molar-refractivity contribution is 5.87. The Kier molecular flexibility index (Phi) is 2.70. The minimum atomic E-state index is -0.898. The zero-order valence-electron chi connectivity index (χ0n) is 10.3. The molecule has 0 spiro atoms. The molecule has 0 radical (unpaired) electrons. The van der Waals surface area contributed by atoms with E-state index in [0.717, 1.165) is 30.8 Å². The topological polar surface area (TPSA) is 94.0 Å². The van der Waals surface area contributed by atoms with Crippen molar-refractivity contribution < 1.29 is 9.90 Å². The molecule has 1 aliphatic heterocycles. The summed E-state index contributed by atoms with van der Waals surface area (Å²) < 4.78 is 1.83. The lowest BCUT2D eigenvalue weighted by Crippen LogP contribution is -2.19. The highest BCUT2D eigenvalue weighted by Gasteiger charge is 2.23. The van der Waals surface area contributed by atoms with E-state index in [2.05, 4.69) is 10.1 Å². The van der Waals surface area contributed by atoms with Crippen molar-refractivity contribution in [3.05, 3.63) is 41.2 Å². The Labute approximate surface area is 109 Å². The molecule has 6 heteroatoms. The SMILES string of the molecule is Nc1nc2n(n1)CCC(c1cccc(C(=O)O)c1)C2. The van der Waals surface area contributed by atoms with Crippen molar-refractivity contribution >= 4 is 11.9 Å². The third-order valence-electron chi connectivity index (χ3n) is 3.49. The van der Waals surface area contributed by atoms with Crippen LogP contribution in [0.4, 0.5) is 5.95 Å². The van der Waals surface area contributed by atoms with Crippen LogP contribution in [0.25, 0.3) is 0 Å². The number of aromatic nitrogens is 3. The van der Waals surface area contributed by atoms with Crippen molar-refractivity contribution in [1.29, 1.82) is 0 Å². The lowest BCUT2D eigenvalue weighted by atomic mass is 9.89. The van der Waals surface area contributed by atoms with Gasteiger partial charge in [-0.1, -0.05) is 12.1 Å². The highest BCUT2D eigenvalue weighted by atomic mass is 16.4. The molecular weight excluding hydrogens is 244 g/mol. The predicted molar refractivity (Wildman–Crippen MR) is 68.9 cm³/mol. The number of hydrogen-bond donors (Lipinski definition) is 2. The second kappa shape index (κ2) is 4.38. The van der Waals surface area contributed by atoms with Crippen LogP contribution < -0.4 is 5.73 Å². The summed E-state index contributed by atoms with van der Waals surface area (Å²) >= 11 is 0. The Balaban J connectivity index is 1.88. The van der Waals surface area contributed by atoms with Crippen LogP contribution in [-0.2, 0) is 13.0 Å². The maximum absolute atomic E-state index is 11.0. The molecule has 0 saturated heterocycles. The van der Waals surface area contributed by atoms with Gasteiger partial charge in [0.25, 0.3) is 0 Å². The zero-order chi connectivity index (χ0) is 13.4. The standard InChI is InChI=1S/C13H14N4O2/c14-13-15-11-7-9(4-5-17(11)16-13)8-2-1-3-10(6-8)12(18)19/h1-3,6,9H,4-5,7H2,(H2,14,16)(H,18,19). The maximum Gasteiger partial charge on any atom is 0.335 e. The molecule has 0 aliphatic carbocycles. The van der Waals surface area contributed by atoms with Gasteiger partial charge in [-0.3, -0.25) is 0 Å². The monoisotopic (exact) mass is 258 g/mol. The molecule has 1 unspecified atom stereocenters. The molecule has 1 aliphatic rings. The number of benzene rings is 1. The second-order valence-electron chi connectivity index (χ2n) is 4.73. The molecule has 98 valence electrons. The predicted octanol–water partition coefficient (Wildman–Crippen LogP) is 1.29. The van der Waals surface area contributed by atoms with Gasteiger partial charge >= 0.3 is 5.97 Å². The van der Waals surface area contributed by atoms with Crippen LogP contribution in [-0.4, -0.2) is 25.8 Å². The van der Waals surface area contributed by atoms with E-state index >= 15 is 0 Å². The molecule has 1 atom stereocenters. The quantitative estimate of drug-likeness (QED) is 0.846. The summed E-state index contributed by atoms with van der Waals surface area (Å²) in [4.78, 5) is 15.2. The fraction of sp³-hybridized carbons (Fsp3) is 0.308. The molecule has 1 aromatic carbocycles. The number of nitrogen functional groups attached to an aromatic ring is 1. The van der Waals surface area contributed by atoms with Crippen LogP contribution in [0.15, 0.2) is 24.3 Å². The van der Waals surface area contributed by atoms with Crippen molar-refractivity contribution in [2.45, 2.75) is 25.3 Å². The Morgan fingerprint density at radius 2 is 2.32 bits per heavy atom. The van der Waals surface area contributed by atoms with E-state index in [0.29, 0.717) is 11.5 Å². The normalized spacial score (nSPS) is 18.0. The average Bonchev–Trinajstić information content (AvgIpc) is 2.77. The molecule has 3 N–H and O–H groups in total. The van der Waals surface area contributed by atoms with Crippen molar-refractivity contribution in [2.75, 3.05) is 5.73 Å². The summed E-state index contributed by atoms with van der Waals surface area (Å²) in [5.41, 5.74) is 6.94. The molecule has 2 heterocycles.